The maximum absolute atomic E-state index is 13.0. The minimum absolute atomic E-state index is 0.263. The summed E-state index contributed by atoms with van der Waals surface area (Å²) in [5, 5.41) is 6.35. The second-order valence-electron chi connectivity index (χ2n) is 6.30. The summed E-state index contributed by atoms with van der Waals surface area (Å²) in [6.07, 6.45) is 1.21. The number of thiophene rings is 1. The predicted molar refractivity (Wildman–Crippen MR) is 112 cm³/mol. The van der Waals surface area contributed by atoms with Crippen LogP contribution in [-0.2, 0) is 27.9 Å². The lowest BCUT2D eigenvalue weighted by atomic mass is 10.2. The van der Waals surface area contributed by atoms with Gasteiger partial charge in [0.05, 0.1) is 20.6 Å². The van der Waals surface area contributed by atoms with Gasteiger partial charge in [-0.3, -0.25) is 4.79 Å². The van der Waals surface area contributed by atoms with E-state index < -0.39 is 10.0 Å². The number of fused-ring (bicyclic) bond motifs is 1. The Hall–Kier alpha value is -2.33. The fourth-order valence-electron chi connectivity index (χ4n) is 2.99. The molecule has 1 aromatic carbocycles. The average Bonchev–Trinajstić information content (AvgIpc) is 3.36. The second kappa shape index (κ2) is 7.25. The monoisotopic (exact) mass is 431 g/mol. The van der Waals surface area contributed by atoms with E-state index in [4.69, 9.17) is 0 Å². The van der Waals surface area contributed by atoms with Crippen molar-refractivity contribution in [1.29, 1.82) is 0 Å². The van der Waals surface area contributed by atoms with Crippen molar-refractivity contribution in [1.82, 2.24) is 9.29 Å². The highest BCUT2D eigenvalue weighted by Gasteiger charge is 2.32. The first-order valence-electron chi connectivity index (χ1n) is 8.44. The number of aromatic nitrogens is 1. The van der Waals surface area contributed by atoms with Gasteiger partial charge < -0.3 is 5.32 Å². The SMILES string of the molecule is C=CC(=O)Nc1cc2c(s1)CN(S(=O)(=O)c1ccc(-c3csc(C)n3)cc1)C2. The Labute approximate surface area is 171 Å². The zero-order valence-corrected chi connectivity index (χ0v) is 17.5. The number of aryl methyl sites for hydroxylation is 1. The first-order chi connectivity index (χ1) is 13.4. The number of hydrogen-bond donors (Lipinski definition) is 1. The minimum atomic E-state index is -3.59. The average molecular weight is 432 g/mol. The third-order valence-corrected chi connectivity index (χ3v) is 8.06. The molecule has 1 aliphatic heterocycles. The molecule has 2 aromatic heterocycles. The van der Waals surface area contributed by atoms with Gasteiger partial charge >= 0.3 is 0 Å². The van der Waals surface area contributed by atoms with E-state index in [1.807, 2.05) is 18.4 Å². The largest absolute Gasteiger partial charge is 0.314 e. The smallest absolute Gasteiger partial charge is 0.248 e. The van der Waals surface area contributed by atoms with E-state index in [2.05, 4.69) is 16.9 Å². The lowest BCUT2D eigenvalue weighted by Crippen LogP contribution is -2.25. The van der Waals surface area contributed by atoms with Crippen LogP contribution in [0.25, 0.3) is 11.3 Å². The van der Waals surface area contributed by atoms with Gasteiger partial charge in [0, 0.05) is 28.9 Å². The number of amides is 1. The number of carbonyl (C=O) groups excluding carboxylic acids is 1. The number of nitrogens with zero attached hydrogens (tertiary/aromatic N) is 2. The fourth-order valence-corrected chi connectivity index (χ4v) is 6.17. The van der Waals surface area contributed by atoms with Gasteiger partial charge in [-0.15, -0.1) is 22.7 Å². The van der Waals surface area contributed by atoms with Crippen molar-refractivity contribution >= 4 is 43.6 Å². The highest BCUT2D eigenvalue weighted by molar-refractivity contribution is 7.89. The number of sulfonamides is 1. The van der Waals surface area contributed by atoms with E-state index >= 15 is 0 Å². The molecule has 28 heavy (non-hydrogen) atoms. The molecule has 0 unspecified atom stereocenters. The maximum atomic E-state index is 13.0. The van der Waals surface area contributed by atoms with Crippen LogP contribution in [0.15, 0.2) is 53.3 Å². The predicted octanol–water partition coefficient (Wildman–Crippen LogP) is 4.01. The summed E-state index contributed by atoms with van der Waals surface area (Å²) in [4.78, 5) is 17.0. The van der Waals surface area contributed by atoms with E-state index in [9.17, 15) is 13.2 Å². The summed E-state index contributed by atoms with van der Waals surface area (Å²) in [5.41, 5.74) is 2.66. The van der Waals surface area contributed by atoms with E-state index in [-0.39, 0.29) is 10.8 Å². The Morgan fingerprint density at radius 2 is 2.04 bits per heavy atom. The molecule has 6 nitrogen and oxygen atoms in total. The Morgan fingerprint density at radius 3 is 2.64 bits per heavy atom. The van der Waals surface area contributed by atoms with Gasteiger partial charge in [-0.25, -0.2) is 13.4 Å². The molecule has 3 aromatic rings. The van der Waals surface area contributed by atoms with E-state index in [0.717, 1.165) is 26.7 Å². The van der Waals surface area contributed by atoms with Crippen LogP contribution in [0.5, 0.6) is 0 Å². The Bertz CT molecular complexity index is 1140. The van der Waals surface area contributed by atoms with Crippen molar-refractivity contribution < 1.29 is 13.2 Å². The van der Waals surface area contributed by atoms with Gasteiger partial charge in [0.1, 0.15) is 0 Å². The Kier molecular flexibility index (Phi) is 4.92. The van der Waals surface area contributed by atoms with Gasteiger partial charge in [0.25, 0.3) is 0 Å². The second-order valence-corrected chi connectivity index (χ2v) is 10.4. The summed E-state index contributed by atoms with van der Waals surface area (Å²) in [5.74, 6) is -0.278. The van der Waals surface area contributed by atoms with Gasteiger partial charge in [-0.2, -0.15) is 4.31 Å². The van der Waals surface area contributed by atoms with Crippen LogP contribution in [0.2, 0.25) is 0 Å². The molecule has 0 radical (unpaired) electrons. The van der Waals surface area contributed by atoms with Crippen molar-refractivity contribution in [3.8, 4) is 11.3 Å². The first-order valence-corrected chi connectivity index (χ1v) is 11.6. The van der Waals surface area contributed by atoms with Gasteiger partial charge in [0.2, 0.25) is 15.9 Å². The summed E-state index contributed by atoms with van der Waals surface area (Å²) in [7, 11) is -3.59. The standard InChI is InChI=1S/C19H17N3O3S3/c1-3-18(23)21-19-8-14-9-22(10-17(14)27-19)28(24,25)15-6-4-13(5-7-15)16-11-26-12(2)20-16/h3-8,11H,1,9-10H2,2H3,(H,21,23). The van der Waals surface area contributed by atoms with Crippen LogP contribution in [0.1, 0.15) is 15.4 Å². The molecule has 1 aliphatic rings. The van der Waals surface area contributed by atoms with Gasteiger partial charge in [-0.05, 0) is 36.8 Å². The van der Waals surface area contributed by atoms with Crippen LogP contribution in [0.3, 0.4) is 0 Å². The number of carbonyl (C=O) groups is 1. The van der Waals surface area contributed by atoms with Gasteiger partial charge in [0.15, 0.2) is 0 Å². The molecule has 0 aliphatic carbocycles. The van der Waals surface area contributed by atoms with Gasteiger partial charge in [-0.1, -0.05) is 18.7 Å². The van der Waals surface area contributed by atoms with Crippen molar-refractivity contribution in [2.45, 2.75) is 24.9 Å². The van der Waals surface area contributed by atoms with Crippen LogP contribution in [-0.4, -0.2) is 23.6 Å². The van der Waals surface area contributed by atoms with Crippen molar-refractivity contribution in [2.75, 3.05) is 5.32 Å². The molecule has 3 heterocycles. The third-order valence-electron chi connectivity index (χ3n) is 4.40. The molecule has 0 bridgehead atoms. The van der Waals surface area contributed by atoms with E-state index in [1.165, 1.54) is 21.7 Å². The number of thiazole rings is 1. The third kappa shape index (κ3) is 3.53. The lowest BCUT2D eigenvalue weighted by molar-refractivity contribution is -0.111. The summed E-state index contributed by atoms with van der Waals surface area (Å²) in [6.45, 7) is 5.97. The maximum Gasteiger partial charge on any atom is 0.248 e. The number of nitrogens with one attached hydrogen (secondary N) is 1. The Balaban J connectivity index is 1.51. The summed E-state index contributed by atoms with van der Waals surface area (Å²) >= 11 is 2.95. The zero-order chi connectivity index (χ0) is 19.9. The van der Waals surface area contributed by atoms with Crippen molar-refractivity contribution in [3.05, 3.63) is 63.8 Å². The molecule has 4 rings (SSSR count). The number of anilines is 1. The van der Waals surface area contributed by atoms with Crippen LogP contribution >= 0.6 is 22.7 Å². The molecule has 0 fully saturated rings. The molecule has 1 amide bonds. The quantitative estimate of drug-likeness (QED) is 0.619. The molecule has 0 saturated carbocycles. The molecule has 0 saturated heterocycles. The molecule has 0 atom stereocenters. The molecule has 144 valence electrons. The van der Waals surface area contributed by atoms with E-state index in [0.29, 0.717) is 18.1 Å². The lowest BCUT2D eigenvalue weighted by Gasteiger charge is -2.16. The fraction of sp³-hybridized carbons (Fsp3) is 0.158. The molecule has 0 spiro atoms. The van der Waals surface area contributed by atoms with E-state index in [1.54, 1.807) is 35.6 Å². The number of benzene rings is 1. The number of rotatable bonds is 5. The molecular weight excluding hydrogens is 414 g/mol. The summed E-state index contributed by atoms with van der Waals surface area (Å²) in [6, 6.07) is 8.65. The van der Waals surface area contributed by atoms with Crippen molar-refractivity contribution in [3.63, 3.8) is 0 Å². The minimum Gasteiger partial charge on any atom is -0.314 e. The molecule has 9 heteroatoms. The molecule has 1 N–H and O–H groups in total. The highest BCUT2D eigenvalue weighted by Crippen LogP contribution is 2.37. The zero-order valence-electron chi connectivity index (χ0n) is 15.0. The topological polar surface area (TPSA) is 79.4 Å². The van der Waals surface area contributed by atoms with Crippen LogP contribution < -0.4 is 5.32 Å². The van der Waals surface area contributed by atoms with Crippen molar-refractivity contribution in [2.24, 2.45) is 0 Å². The highest BCUT2D eigenvalue weighted by atomic mass is 32.2. The Morgan fingerprint density at radius 1 is 1.29 bits per heavy atom. The number of hydrogen-bond acceptors (Lipinski definition) is 6. The van der Waals surface area contributed by atoms with Crippen LogP contribution in [0, 0.1) is 6.92 Å². The normalized spacial score (nSPS) is 14.0. The first kappa shape index (κ1) is 19.0. The summed E-state index contributed by atoms with van der Waals surface area (Å²) < 4.78 is 27.4. The van der Waals surface area contributed by atoms with Crippen LogP contribution in [0.4, 0.5) is 5.00 Å². The molecular formula is C19H17N3O3S3.